The number of hydrogen-bond acceptors (Lipinski definition) is 5. The molecule has 1 aliphatic heterocycles. The molecule has 0 N–H and O–H groups in total. The van der Waals surface area contributed by atoms with Crippen LogP contribution in [0, 0.1) is 11.3 Å². The molecule has 0 unspecified atom stereocenters. The predicted octanol–water partition coefficient (Wildman–Crippen LogP) is 2.40. The number of likely N-dealkylation sites (tertiary alicyclic amines) is 1. The number of aromatic nitrogens is 2. The van der Waals surface area contributed by atoms with Crippen LogP contribution < -0.4 is 4.74 Å². The summed E-state index contributed by atoms with van der Waals surface area (Å²) in [5.74, 6) is 0.360. The van der Waals surface area contributed by atoms with Crippen LogP contribution in [-0.2, 0) is 0 Å². The summed E-state index contributed by atoms with van der Waals surface area (Å²) in [5.41, 5.74) is 1.73. The highest BCUT2D eigenvalue weighted by molar-refractivity contribution is 5.95. The zero-order valence-corrected chi connectivity index (χ0v) is 13.3. The lowest BCUT2D eigenvalue weighted by molar-refractivity contribution is 0.0156. The molecule has 1 fully saturated rings. The zero-order valence-electron chi connectivity index (χ0n) is 13.3. The second-order valence-electron chi connectivity index (χ2n) is 5.84. The van der Waals surface area contributed by atoms with E-state index in [2.05, 4.69) is 9.97 Å². The van der Waals surface area contributed by atoms with E-state index in [1.807, 2.05) is 36.4 Å². The van der Waals surface area contributed by atoms with Crippen molar-refractivity contribution in [2.75, 3.05) is 13.1 Å². The summed E-state index contributed by atoms with van der Waals surface area (Å²) in [6.07, 6.45) is 1.38. The summed E-state index contributed by atoms with van der Waals surface area (Å²) in [6, 6.07) is 16.7. The number of hydrogen-bond donors (Lipinski definition) is 0. The highest BCUT2D eigenvalue weighted by Gasteiger charge is 2.33. The second kappa shape index (κ2) is 6.21. The van der Waals surface area contributed by atoms with Crippen molar-refractivity contribution >= 4 is 16.8 Å². The van der Waals surface area contributed by atoms with Crippen molar-refractivity contribution in [3.63, 3.8) is 0 Å². The molecule has 1 aliphatic rings. The van der Waals surface area contributed by atoms with Crippen molar-refractivity contribution in [1.29, 1.82) is 5.26 Å². The first-order valence-electron chi connectivity index (χ1n) is 7.91. The van der Waals surface area contributed by atoms with Crippen LogP contribution in [0.5, 0.6) is 5.88 Å². The fraction of sp³-hybridized carbons (Fsp3) is 0.158. The number of fused-ring (bicyclic) bond motifs is 1. The quantitative estimate of drug-likeness (QED) is 0.737. The molecule has 1 saturated heterocycles. The Kier molecular flexibility index (Phi) is 3.75. The molecular formula is C19H14N4O2. The van der Waals surface area contributed by atoms with E-state index in [4.69, 9.17) is 10.00 Å². The van der Waals surface area contributed by atoms with Gasteiger partial charge in [-0.3, -0.25) is 4.79 Å². The molecule has 3 aromatic rings. The molecule has 1 aromatic carbocycles. The monoisotopic (exact) mass is 330 g/mol. The SMILES string of the molecule is N#Cc1ccc(OC2CN(C(=O)c3ccc4ccccc4n3)C2)nc1. The number of para-hydroxylation sites is 1. The number of carbonyl (C=O) groups is 1. The molecule has 122 valence electrons. The number of amides is 1. The fourth-order valence-corrected chi connectivity index (χ4v) is 2.71. The van der Waals surface area contributed by atoms with Gasteiger partial charge in [0.2, 0.25) is 5.88 Å². The Morgan fingerprint density at radius 3 is 2.76 bits per heavy atom. The van der Waals surface area contributed by atoms with Gasteiger partial charge in [-0.05, 0) is 18.2 Å². The number of carbonyl (C=O) groups excluding carboxylic acids is 1. The normalized spacial score (nSPS) is 14.0. The van der Waals surface area contributed by atoms with Gasteiger partial charge in [-0.2, -0.15) is 5.26 Å². The van der Waals surface area contributed by atoms with E-state index in [0.717, 1.165) is 10.9 Å². The summed E-state index contributed by atoms with van der Waals surface area (Å²) in [7, 11) is 0. The minimum atomic E-state index is -0.0987. The average Bonchev–Trinajstić information content (AvgIpc) is 2.64. The zero-order chi connectivity index (χ0) is 17.2. The minimum absolute atomic E-state index is 0.0927. The molecule has 6 heteroatoms. The Morgan fingerprint density at radius 2 is 2.00 bits per heavy atom. The molecule has 1 amide bonds. The van der Waals surface area contributed by atoms with Crippen molar-refractivity contribution < 1.29 is 9.53 Å². The van der Waals surface area contributed by atoms with Crippen molar-refractivity contribution in [1.82, 2.24) is 14.9 Å². The summed E-state index contributed by atoms with van der Waals surface area (Å²) in [5, 5.41) is 9.77. The van der Waals surface area contributed by atoms with Gasteiger partial charge in [0, 0.05) is 17.6 Å². The van der Waals surface area contributed by atoms with Crippen molar-refractivity contribution in [2.45, 2.75) is 6.10 Å². The number of rotatable bonds is 3. The minimum Gasteiger partial charge on any atom is -0.471 e. The molecule has 0 radical (unpaired) electrons. The van der Waals surface area contributed by atoms with E-state index in [0.29, 0.717) is 30.2 Å². The number of ether oxygens (including phenoxy) is 1. The van der Waals surface area contributed by atoms with Crippen LogP contribution in [0.2, 0.25) is 0 Å². The standard InChI is InChI=1S/C19H14N4O2/c20-9-13-5-8-18(21-10-13)25-15-11-23(12-15)19(24)17-7-6-14-3-1-2-4-16(14)22-17/h1-8,10,15H,11-12H2. The maximum Gasteiger partial charge on any atom is 0.272 e. The molecular weight excluding hydrogens is 316 g/mol. The van der Waals surface area contributed by atoms with Gasteiger partial charge in [-0.25, -0.2) is 9.97 Å². The number of nitrogens with zero attached hydrogens (tertiary/aromatic N) is 4. The molecule has 6 nitrogen and oxygen atoms in total. The fourth-order valence-electron chi connectivity index (χ4n) is 2.71. The predicted molar refractivity (Wildman–Crippen MR) is 91.0 cm³/mol. The first-order chi connectivity index (χ1) is 12.2. The molecule has 0 saturated carbocycles. The Balaban J connectivity index is 1.39. The lowest BCUT2D eigenvalue weighted by Crippen LogP contribution is -2.56. The molecule has 0 spiro atoms. The number of nitriles is 1. The van der Waals surface area contributed by atoms with Crippen LogP contribution >= 0.6 is 0 Å². The summed E-state index contributed by atoms with van der Waals surface area (Å²) < 4.78 is 5.70. The second-order valence-corrected chi connectivity index (χ2v) is 5.84. The Morgan fingerprint density at radius 1 is 1.16 bits per heavy atom. The first-order valence-corrected chi connectivity index (χ1v) is 7.91. The molecule has 0 atom stereocenters. The third-order valence-corrected chi connectivity index (χ3v) is 4.11. The molecule has 0 bridgehead atoms. The van der Waals surface area contributed by atoms with Crippen LogP contribution in [-0.4, -0.2) is 40.0 Å². The van der Waals surface area contributed by atoms with E-state index in [-0.39, 0.29) is 12.0 Å². The molecule has 25 heavy (non-hydrogen) atoms. The Bertz CT molecular complexity index is 973. The summed E-state index contributed by atoms with van der Waals surface area (Å²) in [4.78, 5) is 22.7. The lowest BCUT2D eigenvalue weighted by atomic mass is 10.1. The van der Waals surface area contributed by atoms with Crippen molar-refractivity contribution in [2.24, 2.45) is 0 Å². The van der Waals surface area contributed by atoms with Gasteiger partial charge in [-0.15, -0.1) is 0 Å². The van der Waals surface area contributed by atoms with E-state index in [9.17, 15) is 4.79 Å². The lowest BCUT2D eigenvalue weighted by Gasteiger charge is -2.38. The average molecular weight is 330 g/mol. The maximum absolute atomic E-state index is 12.5. The topological polar surface area (TPSA) is 79.1 Å². The molecule has 0 aliphatic carbocycles. The third-order valence-electron chi connectivity index (χ3n) is 4.11. The highest BCUT2D eigenvalue weighted by atomic mass is 16.5. The molecule has 2 aromatic heterocycles. The van der Waals surface area contributed by atoms with Crippen LogP contribution in [0.15, 0.2) is 54.7 Å². The van der Waals surface area contributed by atoms with Crippen LogP contribution in [0.1, 0.15) is 16.1 Å². The number of pyridine rings is 2. The molecule has 3 heterocycles. The third kappa shape index (κ3) is 3.00. The van der Waals surface area contributed by atoms with E-state index >= 15 is 0 Å². The van der Waals surface area contributed by atoms with Gasteiger partial charge in [0.05, 0.1) is 24.2 Å². The van der Waals surface area contributed by atoms with Crippen LogP contribution in [0.4, 0.5) is 0 Å². The van der Waals surface area contributed by atoms with Crippen molar-refractivity contribution in [3.8, 4) is 11.9 Å². The molecule has 4 rings (SSSR count). The van der Waals surface area contributed by atoms with Gasteiger partial charge < -0.3 is 9.64 Å². The van der Waals surface area contributed by atoms with E-state index in [1.165, 1.54) is 6.20 Å². The summed E-state index contributed by atoms with van der Waals surface area (Å²) >= 11 is 0. The number of benzene rings is 1. The van der Waals surface area contributed by atoms with Gasteiger partial charge in [0.1, 0.15) is 17.9 Å². The Hall–Kier alpha value is -3.46. The first kappa shape index (κ1) is 15.1. The Labute approximate surface area is 144 Å². The van der Waals surface area contributed by atoms with E-state index < -0.39 is 0 Å². The highest BCUT2D eigenvalue weighted by Crippen LogP contribution is 2.19. The van der Waals surface area contributed by atoms with Crippen LogP contribution in [0.3, 0.4) is 0 Å². The van der Waals surface area contributed by atoms with Crippen LogP contribution in [0.25, 0.3) is 10.9 Å². The van der Waals surface area contributed by atoms with Gasteiger partial charge >= 0.3 is 0 Å². The summed E-state index contributed by atoms with van der Waals surface area (Å²) in [6.45, 7) is 0.990. The maximum atomic E-state index is 12.5. The van der Waals surface area contributed by atoms with Gasteiger partial charge in [-0.1, -0.05) is 24.3 Å². The van der Waals surface area contributed by atoms with Gasteiger partial charge in [0.15, 0.2) is 0 Å². The van der Waals surface area contributed by atoms with Gasteiger partial charge in [0.25, 0.3) is 5.91 Å². The smallest absolute Gasteiger partial charge is 0.272 e. The van der Waals surface area contributed by atoms with Crippen molar-refractivity contribution in [3.05, 3.63) is 66.0 Å². The van der Waals surface area contributed by atoms with E-state index in [1.54, 1.807) is 23.1 Å². The largest absolute Gasteiger partial charge is 0.471 e.